The van der Waals surface area contributed by atoms with E-state index in [0.717, 1.165) is 8.78 Å². The fourth-order valence-electron chi connectivity index (χ4n) is 2.19. The molecule has 0 amide bonds. The Kier molecular flexibility index (Phi) is 4.89. The van der Waals surface area contributed by atoms with Crippen molar-refractivity contribution in [1.29, 1.82) is 0 Å². The number of methoxy groups -OCH3 is 1. The molecule has 21 heavy (non-hydrogen) atoms. The summed E-state index contributed by atoms with van der Waals surface area (Å²) in [7, 11) is -2.10. The van der Waals surface area contributed by atoms with Crippen molar-refractivity contribution >= 4 is 26.0 Å². The smallest absolute Gasteiger partial charge is 0.250 e. The number of nitrogens with zero attached hydrogens (tertiary/aromatic N) is 1. The molecule has 0 spiro atoms. The molecule has 1 heterocycles. The maximum Gasteiger partial charge on any atom is 0.250 e. The summed E-state index contributed by atoms with van der Waals surface area (Å²) in [5.41, 5.74) is 0.562. The lowest BCUT2D eigenvalue weighted by Crippen LogP contribution is -2.43. The highest BCUT2D eigenvalue weighted by atomic mass is 79.9. The van der Waals surface area contributed by atoms with Gasteiger partial charge in [-0.05, 0) is 33.6 Å². The van der Waals surface area contributed by atoms with Crippen LogP contribution >= 0.6 is 15.9 Å². The lowest BCUT2D eigenvalue weighted by atomic mass is 10.1. The fourth-order valence-corrected chi connectivity index (χ4v) is 4.12. The van der Waals surface area contributed by atoms with Crippen LogP contribution in [0.5, 0.6) is 5.75 Å². The molecule has 0 saturated carbocycles. The number of benzene rings is 1. The average molecular weight is 384 g/mol. The number of rotatable bonds is 4. The predicted octanol–water partition coefficient (Wildman–Crippen LogP) is 3.02. The minimum Gasteiger partial charge on any atom is -0.496 e. The normalized spacial score (nSPS) is 19.4. The van der Waals surface area contributed by atoms with Crippen molar-refractivity contribution in [2.24, 2.45) is 0 Å². The molecule has 0 N–H and O–H groups in total. The van der Waals surface area contributed by atoms with Gasteiger partial charge in [-0.25, -0.2) is 21.5 Å². The van der Waals surface area contributed by atoms with Crippen LogP contribution in [0.2, 0.25) is 0 Å². The molecule has 1 aromatic rings. The number of halogens is 3. The third-order valence-electron chi connectivity index (χ3n) is 3.41. The van der Waals surface area contributed by atoms with E-state index in [-0.39, 0.29) is 18.8 Å². The van der Waals surface area contributed by atoms with Crippen LogP contribution in [0.1, 0.15) is 18.4 Å². The second-order valence-electron chi connectivity index (χ2n) is 4.98. The predicted molar refractivity (Wildman–Crippen MR) is 79.1 cm³/mol. The highest BCUT2D eigenvalue weighted by Crippen LogP contribution is 2.31. The van der Waals surface area contributed by atoms with Gasteiger partial charge in [0, 0.05) is 25.9 Å². The summed E-state index contributed by atoms with van der Waals surface area (Å²) < 4.78 is 57.7. The zero-order valence-electron chi connectivity index (χ0n) is 11.5. The van der Waals surface area contributed by atoms with Crippen LogP contribution in [0.15, 0.2) is 22.7 Å². The van der Waals surface area contributed by atoms with Crippen molar-refractivity contribution in [3.05, 3.63) is 28.2 Å². The Morgan fingerprint density at radius 1 is 1.33 bits per heavy atom. The Bertz CT molecular complexity index is 612. The van der Waals surface area contributed by atoms with Crippen LogP contribution in [0.25, 0.3) is 0 Å². The van der Waals surface area contributed by atoms with Gasteiger partial charge in [0.25, 0.3) is 5.92 Å². The van der Waals surface area contributed by atoms with Gasteiger partial charge in [0.2, 0.25) is 10.0 Å². The summed E-state index contributed by atoms with van der Waals surface area (Å²) in [6.07, 6.45) is -0.841. The summed E-state index contributed by atoms with van der Waals surface area (Å²) in [5.74, 6) is -2.44. The summed E-state index contributed by atoms with van der Waals surface area (Å²) in [4.78, 5) is 0. The van der Waals surface area contributed by atoms with Gasteiger partial charge in [0.05, 0.1) is 17.3 Å². The highest BCUT2D eigenvalue weighted by molar-refractivity contribution is 9.10. The minimum absolute atomic E-state index is 0.136. The topological polar surface area (TPSA) is 46.6 Å². The molecule has 2 rings (SSSR count). The molecule has 0 radical (unpaired) electrons. The van der Waals surface area contributed by atoms with Crippen LogP contribution in [-0.2, 0) is 15.8 Å². The standard InChI is InChI=1S/C13H16BrF2NO3S/c1-20-12-8-10(2-3-11(12)14)9-21(18,19)17-6-4-13(15,16)5-7-17/h2-3,8H,4-7,9H2,1H3. The Labute approximate surface area is 131 Å². The number of piperidine rings is 1. The Hall–Kier alpha value is -0.730. The molecule has 1 aromatic carbocycles. The van der Waals surface area contributed by atoms with Crippen molar-refractivity contribution in [1.82, 2.24) is 4.31 Å². The highest BCUT2D eigenvalue weighted by Gasteiger charge is 2.38. The van der Waals surface area contributed by atoms with Gasteiger partial charge < -0.3 is 4.74 Å². The van der Waals surface area contributed by atoms with E-state index in [2.05, 4.69) is 15.9 Å². The van der Waals surface area contributed by atoms with E-state index in [1.165, 1.54) is 7.11 Å². The van der Waals surface area contributed by atoms with E-state index in [0.29, 0.717) is 11.3 Å². The maximum atomic E-state index is 13.1. The Balaban J connectivity index is 2.11. The first-order valence-electron chi connectivity index (χ1n) is 6.42. The molecule has 4 nitrogen and oxygen atoms in total. The molecule has 0 bridgehead atoms. The summed E-state index contributed by atoms with van der Waals surface area (Å²) in [6.45, 7) is -0.272. The van der Waals surface area contributed by atoms with E-state index in [1.54, 1.807) is 18.2 Å². The summed E-state index contributed by atoms with van der Waals surface area (Å²) in [6, 6.07) is 5.00. The lowest BCUT2D eigenvalue weighted by molar-refractivity contribution is -0.0412. The first-order valence-corrected chi connectivity index (χ1v) is 8.82. The molecular formula is C13H16BrF2NO3S. The van der Waals surface area contributed by atoms with Gasteiger partial charge >= 0.3 is 0 Å². The van der Waals surface area contributed by atoms with E-state index in [1.807, 2.05) is 0 Å². The third-order valence-corrected chi connectivity index (χ3v) is 5.92. The van der Waals surface area contributed by atoms with Crippen LogP contribution in [-0.4, -0.2) is 38.8 Å². The van der Waals surface area contributed by atoms with Gasteiger partial charge in [0.1, 0.15) is 5.75 Å². The summed E-state index contributed by atoms with van der Waals surface area (Å²) >= 11 is 3.29. The molecule has 0 unspecified atom stereocenters. The van der Waals surface area contributed by atoms with E-state index < -0.39 is 28.8 Å². The van der Waals surface area contributed by atoms with Crippen molar-refractivity contribution in [2.75, 3.05) is 20.2 Å². The molecule has 0 atom stereocenters. The van der Waals surface area contributed by atoms with E-state index in [4.69, 9.17) is 4.74 Å². The Morgan fingerprint density at radius 3 is 2.52 bits per heavy atom. The molecule has 0 aliphatic carbocycles. The second-order valence-corrected chi connectivity index (χ2v) is 7.80. The van der Waals surface area contributed by atoms with Gasteiger partial charge in [-0.3, -0.25) is 0 Å². The van der Waals surface area contributed by atoms with Gasteiger partial charge in [0.15, 0.2) is 0 Å². The second kappa shape index (κ2) is 6.18. The molecule has 1 aliphatic rings. The largest absolute Gasteiger partial charge is 0.496 e. The van der Waals surface area contributed by atoms with Gasteiger partial charge in [-0.1, -0.05) is 6.07 Å². The van der Waals surface area contributed by atoms with Gasteiger partial charge in [-0.2, -0.15) is 0 Å². The monoisotopic (exact) mass is 383 g/mol. The molecule has 1 aliphatic heterocycles. The van der Waals surface area contributed by atoms with E-state index in [9.17, 15) is 17.2 Å². The molecular weight excluding hydrogens is 368 g/mol. The molecule has 1 fully saturated rings. The molecule has 8 heteroatoms. The zero-order chi connectivity index (χ0) is 15.7. The number of hydrogen-bond donors (Lipinski definition) is 0. The number of ether oxygens (including phenoxy) is 1. The quantitative estimate of drug-likeness (QED) is 0.802. The van der Waals surface area contributed by atoms with Crippen LogP contribution in [0, 0.1) is 0 Å². The summed E-state index contributed by atoms with van der Waals surface area (Å²) in [5, 5.41) is 0. The Morgan fingerprint density at radius 2 is 1.95 bits per heavy atom. The molecule has 118 valence electrons. The van der Waals surface area contributed by atoms with Crippen LogP contribution in [0.4, 0.5) is 8.78 Å². The fraction of sp³-hybridized carbons (Fsp3) is 0.538. The maximum absolute atomic E-state index is 13.1. The first-order chi connectivity index (χ1) is 9.73. The van der Waals surface area contributed by atoms with Gasteiger partial charge in [-0.15, -0.1) is 0 Å². The average Bonchev–Trinajstić information content (AvgIpc) is 2.40. The molecule has 0 aromatic heterocycles. The van der Waals surface area contributed by atoms with E-state index >= 15 is 0 Å². The van der Waals surface area contributed by atoms with Crippen LogP contribution in [0.3, 0.4) is 0 Å². The zero-order valence-corrected chi connectivity index (χ0v) is 13.9. The van der Waals surface area contributed by atoms with Crippen LogP contribution < -0.4 is 4.74 Å². The minimum atomic E-state index is -3.60. The number of hydrogen-bond acceptors (Lipinski definition) is 3. The van der Waals surface area contributed by atoms with Crippen molar-refractivity contribution in [3.8, 4) is 5.75 Å². The SMILES string of the molecule is COc1cc(CS(=O)(=O)N2CCC(F)(F)CC2)ccc1Br. The van der Waals surface area contributed by atoms with Crippen molar-refractivity contribution in [2.45, 2.75) is 24.5 Å². The third kappa shape index (κ3) is 4.14. The molecule has 1 saturated heterocycles. The number of sulfonamides is 1. The van der Waals surface area contributed by atoms with Crippen molar-refractivity contribution < 1.29 is 21.9 Å². The first kappa shape index (κ1) is 16.6. The number of alkyl halides is 2. The van der Waals surface area contributed by atoms with Crippen molar-refractivity contribution in [3.63, 3.8) is 0 Å². The lowest BCUT2D eigenvalue weighted by Gasteiger charge is -2.30.